The first-order valence-electron chi connectivity index (χ1n) is 7.80. The van der Waals surface area contributed by atoms with Gasteiger partial charge in [0, 0.05) is 32.2 Å². The van der Waals surface area contributed by atoms with Crippen LogP contribution in [0.5, 0.6) is 5.75 Å². The summed E-state index contributed by atoms with van der Waals surface area (Å²) >= 11 is 0. The van der Waals surface area contributed by atoms with Crippen molar-refractivity contribution in [2.24, 2.45) is 0 Å². The van der Waals surface area contributed by atoms with Gasteiger partial charge in [0.05, 0.1) is 12.3 Å². The fourth-order valence-corrected chi connectivity index (χ4v) is 2.46. The van der Waals surface area contributed by atoms with Gasteiger partial charge in [-0.15, -0.1) is 0 Å². The van der Waals surface area contributed by atoms with Crippen LogP contribution in [0, 0.1) is 5.82 Å². The van der Waals surface area contributed by atoms with Crippen LogP contribution in [-0.4, -0.2) is 60.9 Å². The Morgan fingerprint density at radius 1 is 1.22 bits per heavy atom. The van der Waals surface area contributed by atoms with Crippen molar-refractivity contribution in [3.8, 4) is 5.75 Å². The molecule has 0 unspecified atom stereocenters. The van der Waals surface area contributed by atoms with Crippen LogP contribution in [0.15, 0.2) is 18.2 Å². The normalized spacial score (nSPS) is 15.3. The zero-order chi connectivity index (χ0) is 16.8. The second kappa shape index (κ2) is 7.92. The maximum Gasteiger partial charge on any atom is 0.314 e. The standard InChI is InChI=1S/C16H22FN3O3/c1-3-19-7-9-20(10-8-19)16(22)15(21)18-13-6-5-12(17)11-14(13)23-4-2/h5-6,11H,3-4,7-10H2,1-2H3,(H,18,21). The lowest BCUT2D eigenvalue weighted by Crippen LogP contribution is -2.51. The van der Waals surface area contributed by atoms with Crippen molar-refractivity contribution in [3.05, 3.63) is 24.0 Å². The molecule has 1 aromatic carbocycles. The van der Waals surface area contributed by atoms with Crippen LogP contribution in [0.3, 0.4) is 0 Å². The third kappa shape index (κ3) is 4.41. The Kier molecular flexibility index (Phi) is 5.92. The van der Waals surface area contributed by atoms with Crippen molar-refractivity contribution in [1.29, 1.82) is 0 Å². The molecule has 0 spiro atoms. The minimum Gasteiger partial charge on any atom is -0.492 e. The highest BCUT2D eigenvalue weighted by Crippen LogP contribution is 2.25. The van der Waals surface area contributed by atoms with E-state index in [-0.39, 0.29) is 5.75 Å². The Morgan fingerprint density at radius 2 is 1.91 bits per heavy atom. The van der Waals surface area contributed by atoms with E-state index >= 15 is 0 Å². The van der Waals surface area contributed by atoms with Gasteiger partial charge in [-0.05, 0) is 25.6 Å². The summed E-state index contributed by atoms with van der Waals surface area (Å²) in [5, 5.41) is 2.51. The van der Waals surface area contributed by atoms with Crippen LogP contribution in [0.25, 0.3) is 0 Å². The van der Waals surface area contributed by atoms with E-state index in [0.29, 0.717) is 25.4 Å². The van der Waals surface area contributed by atoms with E-state index in [2.05, 4.69) is 17.1 Å². The SMILES string of the molecule is CCOc1cc(F)ccc1NC(=O)C(=O)N1CCN(CC)CC1. The topological polar surface area (TPSA) is 61.9 Å². The molecule has 1 fully saturated rings. The fraction of sp³-hybridized carbons (Fsp3) is 0.500. The Hall–Kier alpha value is -2.15. The van der Waals surface area contributed by atoms with Crippen LogP contribution in [0.1, 0.15) is 13.8 Å². The number of benzene rings is 1. The summed E-state index contributed by atoms with van der Waals surface area (Å²) in [5.74, 6) is -1.56. The Labute approximate surface area is 135 Å². The van der Waals surface area contributed by atoms with E-state index in [1.165, 1.54) is 23.1 Å². The van der Waals surface area contributed by atoms with E-state index < -0.39 is 17.6 Å². The molecule has 7 heteroatoms. The first-order chi connectivity index (χ1) is 11.0. The maximum absolute atomic E-state index is 13.3. The van der Waals surface area contributed by atoms with E-state index in [0.717, 1.165) is 19.6 Å². The molecule has 2 amide bonds. The zero-order valence-electron chi connectivity index (χ0n) is 13.5. The molecule has 6 nitrogen and oxygen atoms in total. The molecule has 1 heterocycles. The average Bonchev–Trinajstić information content (AvgIpc) is 2.57. The number of halogens is 1. The van der Waals surface area contributed by atoms with Crippen molar-refractivity contribution in [3.63, 3.8) is 0 Å². The summed E-state index contributed by atoms with van der Waals surface area (Å²) in [7, 11) is 0. The molecule has 1 saturated heterocycles. The molecule has 0 saturated carbocycles. The van der Waals surface area contributed by atoms with Gasteiger partial charge in [0.25, 0.3) is 0 Å². The number of rotatable bonds is 4. The Morgan fingerprint density at radius 3 is 2.52 bits per heavy atom. The van der Waals surface area contributed by atoms with Gasteiger partial charge in [-0.25, -0.2) is 4.39 Å². The molecular formula is C16H22FN3O3. The molecule has 1 N–H and O–H groups in total. The van der Waals surface area contributed by atoms with Gasteiger partial charge < -0.3 is 19.9 Å². The number of anilines is 1. The molecule has 126 valence electrons. The lowest BCUT2D eigenvalue weighted by Gasteiger charge is -2.33. The summed E-state index contributed by atoms with van der Waals surface area (Å²) in [6, 6.07) is 3.78. The molecule has 0 bridgehead atoms. The second-order valence-corrected chi connectivity index (χ2v) is 5.25. The summed E-state index contributed by atoms with van der Waals surface area (Å²) < 4.78 is 18.5. The third-order valence-corrected chi connectivity index (χ3v) is 3.79. The lowest BCUT2D eigenvalue weighted by atomic mass is 10.2. The van der Waals surface area contributed by atoms with E-state index in [9.17, 15) is 14.0 Å². The molecule has 2 rings (SSSR count). The first kappa shape index (κ1) is 17.2. The minimum atomic E-state index is -0.734. The number of hydrogen-bond acceptors (Lipinski definition) is 4. The largest absolute Gasteiger partial charge is 0.492 e. The monoisotopic (exact) mass is 323 g/mol. The molecule has 1 aliphatic heterocycles. The van der Waals surface area contributed by atoms with Crippen molar-refractivity contribution >= 4 is 17.5 Å². The number of piperazine rings is 1. The molecule has 23 heavy (non-hydrogen) atoms. The highest BCUT2D eigenvalue weighted by molar-refractivity contribution is 6.39. The van der Waals surface area contributed by atoms with Gasteiger partial charge >= 0.3 is 11.8 Å². The number of carbonyl (C=O) groups is 2. The quantitative estimate of drug-likeness (QED) is 0.849. The van der Waals surface area contributed by atoms with Gasteiger partial charge in [-0.3, -0.25) is 9.59 Å². The second-order valence-electron chi connectivity index (χ2n) is 5.25. The number of carbonyl (C=O) groups excluding carboxylic acids is 2. The molecule has 0 aliphatic carbocycles. The van der Waals surface area contributed by atoms with Crippen molar-refractivity contribution in [2.75, 3.05) is 44.6 Å². The number of likely N-dealkylation sites (N-methyl/N-ethyl adjacent to an activating group) is 1. The van der Waals surface area contributed by atoms with Crippen LogP contribution in [-0.2, 0) is 9.59 Å². The molecule has 1 aromatic rings. The van der Waals surface area contributed by atoms with Gasteiger partial charge in [0.1, 0.15) is 11.6 Å². The molecular weight excluding hydrogens is 301 g/mol. The predicted octanol–water partition coefficient (Wildman–Crippen LogP) is 1.33. The highest BCUT2D eigenvalue weighted by atomic mass is 19.1. The smallest absolute Gasteiger partial charge is 0.314 e. The summed E-state index contributed by atoms with van der Waals surface area (Å²) in [5.41, 5.74) is 0.291. The Balaban J connectivity index is 2.00. The molecule has 0 atom stereocenters. The van der Waals surface area contributed by atoms with Crippen molar-refractivity contribution in [2.45, 2.75) is 13.8 Å². The van der Waals surface area contributed by atoms with Crippen molar-refractivity contribution < 1.29 is 18.7 Å². The first-order valence-corrected chi connectivity index (χ1v) is 7.80. The minimum absolute atomic E-state index is 0.212. The molecule has 0 aromatic heterocycles. The van der Waals surface area contributed by atoms with Crippen LogP contribution < -0.4 is 10.1 Å². The van der Waals surface area contributed by atoms with E-state index in [4.69, 9.17) is 4.74 Å². The Bertz CT molecular complexity index is 572. The maximum atomic E-state index is 13.3. The van der Waals surface area contributed by atoms with Gasteiger partial charge in [-0.1, -0.05) is 6.92 Å². The third-order valence-electron chi connectivity index (χ3n) is 3.79. The summed E-state index contributed by atoms with van der Waals surface area (Å²) in [6.07, 6.45) is 0. The van der Waals surface area contributed by atoms with Crippen LogP contribution >= 0.6 is 0 Å². The zero-order valence-corrected chi connectivity index (χ0v) is 13.5. The van der Waals surface area contributed by atoms with Crippen LogP contribution in [0.2, 0.25) is 0 Å². The molecule has 1 aliphatic rings. The predicted molar refractivity (Wildman–Crippen MR) is 84.9 cm³/mol. The number of nitrogens with one attached hydrogen (secondary N) is 1. The number of amides is 2. The van der Waals surface area contributed by atoms with Crippen molar-refractivity contribution in [1.82, 2.24) is 9.80 Å². The number of nitrogens with zero attached hydrogens (tertiary/aromatic N) is 2. The van der Waals surface area contributed by atoms with Gasteiger partial charge in [-0.2, -0.15) is 0 Å². The molecule has 0 radical (unpaired) electrons. The highest BCUT2D eigenvalue weighted by Gasteiger charge is 2.26. The van der Waals surface area contributed by atoms with E-state index in [1.807, 2.05) is 0 Å². The van der Waals surface area contributed by atoms with Gasteiger partial charge in [0.15, 0.2) is 0 Å². The van der Waals surface area contributed by atoms with Crippen LogP contribution in [0.4, 0.5) is 10.1 Å². The lowest BCUT2D eigenvalue weighted by molar-refractivity contribution is -0.144. The number of ether oxygens (including phenoxy) is 1. The van der Waals surface area contributed by atoms with E-state index in [1.54, 1.807) is 6.92 Å². The number of hydrogen-bond donors (Lipinski definition) is 1. The summed E-state index contributed by atoms with van der Waals surface area (Å²) in [6.45, 7) is 7.67. The average molecular weight is 323 g/mol. The summed E-state index contributed by atoms with van der Waals surface area (Å²) in [4.78, 5) is 28.1. The fourth-order valence-electron chi connectivity index (χ4n) is 2.46. The van der Waals surface area contributed by atoms with Gasteiger partial charge in [0.2, 0.25) is 0 Å².